The molecule has 10 heteroatoms. The Hall–Kier alpha value is -2.75. The van der Waals surface area contributed by atoms with E-state index in [4.69, 9.17) is 0 Å². The van der Waals surface area contributed by atoms with Crippen molar-refractivity contribution < 1.29 is 19.1 Å². The summed E-state index contributed by atoms with van der Waals surface area (Å²) in [6.07, 6.45) is 2.97. The molecule has 0 aromatic carbocycles. The Labute approximate surface area is 187 Å². The predicted octanol–water partition coefficient (Wildman–Crippen LogP) is 1.13. The number of fused-ring (bicyclic) bond motifs is 1. The number of rotatable bonds is 5. The third kappa shape index (κ3) is 3.60. The first kappa shape index (κ1) is 22.4. The minimum absolute atomic E-state index is 0.0308. The lowest BCUT2D eigenvalue weighted by atomic mass is 9.96. The van der Waals surface area contributed by atoms with Crippen molar-refractivity contribution in [2.75, 3.05) is 19.6 Å². The molecule has 0 saturated carbocycles. The van der Waals surface area contributed by atoms with Crippen molar-refractivity contribution in [2.24, 2.45) is 10.1 Å². The second-order valence-electron chi connectivity index (χ2n) is 9.47. The van der Waals surface area contributed by atoms with Gasteiger partial charge in [0.25, 0.3) is 11.8 Å². The van der Waals surface area contributed by atoms with E-state index in [1.165, 1.54) is 24.1 Å². The third-order valence-electron chi connectivity index (χ3n) is 6.47. The number of nitrogens with one attached hydrogen (secondary N) is 1. The van der Waals surface area contributed by atoms with Gasteiger partial charge in [-0.15, -0.1) is 0 Å². The molecule has 9 nitrogen and oxygen atoms in total. The van der Waals surface area contributed by atoms with E-state index < -0.39 is 17.6 Å². The number of hydrogen-bond acceptors (Lipinski definition) is 7. The lowest BCUT2D eigenvalue weighted by molar-refractivity contribution is -0.145. The van der Waals surface area contributed by atoms with Crippen LogP contribution in [0, 0.1) is 0 Å². The maximum atomic E-state index is 14.0. The highest BCUT2D eigenvalue weighted by Gasteiger charge is 2.56. The minimum atomic E-state index is -1.51. The van der Waals surface area contributed by atoms with Gasteiger partial charge in [-0.1, -0.05) is 6.92 Å². The number of amidine groups is 1. The van der Waals surface area contributed by atoms with Crippen LogP contribution < -0.4 is 5.32 Å². The normalized spacial score (nSPS) is 30.7. The summed E-state index contributed by atoms with van der Waals surface area (Å²) in [5, 5.41) is 19.7. The Morgan fingerprint density at radius 3 is 2.59 bits per heavy atom. The number of nitrogens with zero attached hydrogens (tertiary/aromatic N) is 5. The van der Waals surface area contributed by atoms with Gasteiger partial charge in [-0.2, -0.15) is 5.10 Å². The highest BCUT2D eigenvalue weighted by Crippen LogP contribution is 2.43. The fraction of sp³-hybridized carbons (Fsp3) is 0.636. The molecule has 0 saturated heterocycles. The van der Waals surface area contributed by atoms with Gasteiger partial charge in [0.2, 0.25) is 0 Å². The molecule has 4 aliphatic heterocycles. The number of dihydropyridines is 1. The monoisotopic (exact) mass is 446 g/mol. The van der Waals surface area contributed by atoms with E-state index in [2.05, 4.69) is 15.4 Å². The fourth-order valence-electron chi connectivity index (χ4n) is 4.60. The molecule has 3 atom stereocenters. The molecule has 32 heavy (non-hydrogen) atoms. The van der Waals surface area contributed by atoms with Crippen LogP contribution in [-0.2, 0) is 9.59 Å². The Bertz CT molecular complexity index is 969. The molecule has 4 aliphatic rings. The van der Waals surface area contributed by atoms with Crippen molar-refractivity contribution in [3.63, 3.8) is 0 Å². The Kier molecular flexibility index (Phi) is 5.39. The van der Waals surface area contributed by atoms with Crippen LogP contribution in [0.5, 0.6) is 0 Å². The number of hydrazone groups is 1. The summed E-state index contributed by atoms with van der Waals surface area (Å²) < 4.78 is 14.0. The number of aliphatic imine (C=N–C) groups is 1. The number of carbonyl (C=O) groups excluding carboxylic acids is 2. The fourth-order valence-corrected chi connectivity index (χ4v) is 4.60. The van der Waals surface area contributed by atoms with E-state index in [-0.39, 0.29) is 37.5 Å². The van der Waals surface area contributed by atoms with Crippen molar-refractivity contribution in [3.05, 3.63) is 23.4 Å². The van der Waals surface area contributed by atoms with Gasteiger partial charge in [0, 0.05) is 18.2 Å². The highest BCUT2D eigenvalue weighted by molar-refractivity contribution is 6.10. The van der Waals surface area contributed by atoms with E-state index in [1.54, 1.807) is 9.80 Å². The number of carbonyl (C=O) groups is 2. The highest BCUT2D eigenvalue weighted by atomic mass is 19.1. The maximum Gasteiger partial charge on any atom is 0.276 e. The summed E-state index contributed by atoms with van der Waals surface area (Å²) in [6.45, 7) is 9.31. The molecule has 0 radical (unpaired) electrons. The van der Waals surface area contributed by atoms with Gasteiger partial charge < -0.3 is 20.2 Å². The number of alkyl halides is 1. The zero-order chi connectivity index (χ0) is 23.4. The molecule has 3 unspecified atom stereocenters. The van der Waals surface area contributed by atoms with Gasteiger partial charge >= 0.3 is 0 Å². The van der Waals surface area contributed by atoms with E-state index in [1.807, 2.05) is 27.7 Å². The number of β-amino-alcohol motifs (C(OH)–C–C–N with tert-alkyl or cyclic N) is 1. The number of aliphatic hydroxyl groups is 1. The first-order valence-electron chi connectivity index (χ1n) is 11.1. The summed E-state index contributed by atoms with van der Waals surface area (Å²) in [6, 6.07) is -0.0695. The van der Waals surface area contributed by atoms with Crippen molar-refractivity contribution in [1.29, 1.82) is 0 Å². The van der Waals surface area contributed by atoms with Gasteiger partial charge in [0.05, 0.1) is 25.2 Å². The summed E-state index contributed by atoms with van der Waals surface area (Å²) in [5.41, 5.74) is -0.810. The molecule has 2 N–H and O–H groups in total. The van der Waals surface area contributed by atoms with Gasteiger partial charge in [-0.05, 0) is 46.3 Å². The Morgan fingerprint density at radius 1 is 1.28 bits per heavy atom. The van der Waals surface area contributed by atoms with Crippen LogP contribution in [0.4, 0.5) is 4.39 Å². The second kappa shape index (κ2) is 7.68. The minimum Gasteiger partial charge on any atom is -0.372 e. The summed E-state index contributed by atoms with van der Waals surface area (Å²) >= 11 is 0. The first-order chi connectivity index (χ1) is 15.0. The zero-order valence-corrected chi connectivity index (χ0v) is 19.2. The molecule has 0 aliphatic carbocycles. The lowest BCUT2D eigenvalue weighted by Gasteiger charge is -2.48. The van der Waals surface area contributed by atoms with E-state index in [0.29, 0.717) is 29.9 Å². The van der Waals surface area contributed by atoms with Gasteiger partial charge in [-0.25, -0.2) is 9.40 Å². The zero-order valence-electron chi connectivity index (χ0n) is 19.2. The molecule has 0 bridgehead atoms. The Morgan fingerprint density at radius 2 is 2.00 bits per heavy atom. The molecule has 0 aromatic rings. The van der Waals surface area contributed by atoms with Crippen LogP contribution in [0.2, 0.25) is 0 Å². The number of halogens is 1. The van der Waals surface area contributed by atoms with Crippen LogP contribution in [0.25, 0.3) is 0 Å². The van der Waals surface area contributed by atoms with Gasteiger partial charge in [0.1, 0.15) is 29.1 Å². The molecule has 0 spiro atoms. The molecular formula is C22H31FN6O3. The van der Waals surface area contributed by atoms with Crippen LogP contribution >= 0.6 is 0 Å². The summed E-state index contributed by atoms with van der Waals surface area (Å²) in [7, 11) is 0. The molecule has 2 amide bonds. The molecule has 174 valence electrons. The number of aliphatic hydroxyl groups excluding tert-OH is 1. The third-order valence-corrected chi connectivity index (χ3v) is 6.47. The van der Waals surface area contributed by atoms with Crippen molar-refractivity contribution in [1.82, 2.24) is 20.1 Å². The maximum absolute atomic E-state index is 14.0. The number of amides is 2. The smallest absolute Gasteiger partial charge is 0.276 e. The first-order valence-corrected chi connectivity index (χ1v) is 11.1. The molecular weight excluding hydrogens is 415 g/mol. The average Bonchev–Trinajstić information content (AvgIpc) is 3.25. The summed E-state index contributed by atoms with van der Waals surface area (Å²) in [5.74, 6) is -0.108. The second-order valence-corrected chi connectivity index (χ2v) is 9.47. The van der Waals surface area contributed by atoms with Crippen molar-refractivity contribution >= 4 is 23.4 Å². The molecule has 0 fully saturated rings. The van der Waals surface area contributed by atoms with Crippen LogP contribution in [0.3, 0.4) is 0 Å². The van der Waals surface area contributed by atoms with Crippen LogP contribution in [0.1, 0.15) is 47.5 Å². The quantitative estimate of drug-likeness (QED) is 0.617. The van der Waals surface area contributed by atoms with Crippen LogP contribution in [0.15, 0.2) is 33.5 Å². The Balaban J connectivity index is 1.63. The van der Waals surface area contributed by atoms with E-state index >= 15 is 0 Å². The molecule has 0 aromatic heterocycles. The van der Waals surface area contributed by atoms with Gasteiger partial charge in [-0.3, -0.25) is 14.6 Å². The van der Waals surface area contributed by atoms with Gasteiger partial charge in [0.15, 0.2) is 0 Å². The van der Waals surface area contributed by atoms with E-state index in [9.17, 15) is 19.1 Å². The molecule has 4 heterocycles. The predicted molar refractivity (Wildman–Crippen MR) is 118 cm³/mol. The standard InChI is InChI=1S/C22H31FN6O3/c1-6-14-9-22(5)28(11-17(30)25-16-7-8-21(4,23)12-24-16)18-15(19(31)29(22)26-14)10-27(13(2)3)20(18)32/h7-8,13,17,30H,6,9-12H2,1-5H3,(H,24,25). The average molecular weight is 447 g/mol. The van der Waals surface area contributed by atoms with E-state index in [0.717, 1.165) is 5.71 Å². The lowest BCUT2D eigenvalue weighted by Crippen LogP contribution is -2.63. The number of hydrogen-bond donors (Lipinski definition) is 2. The van der Waals surface area contributed by atoms with Crippen molar-refractivity contribution in [2.45, 2.75) is 71.1 Å². The van der Waals surface area contributed by atoms with Crippen molar-refractivity contribution in [3.8, 4) is 0 Å². The molecule has 4 rings (SSSR count). The van der Waals surface area contributed by atoms with Crippen LogP contribution in [-0.4, -0.2) is 86.5 Å². The summed E-state index contributed by atoms with van der Waals surface area (Å²) in [4.78, 5) is 34.2. The topological polar surface area (TPSA) is 101 Å². The largest absolute Gasteiger partial charge is 0.372 e. The SMILES string of the molecule is CCC1=NN2C(=O)C3=C(C(=O)N(C(C)C)C3)N(CC(O)NC3=NCC(C)(F)C=C3)C2(C)C1.